The molecule has 1 aromatic heterocycles. The topological polar surface area (TPSA) is 250 Å². The molecule has 1 aliphatic heterocycles. The van der Waals surface area contributed by atoms with Crippen LogP contribution in [0.2, 0.25) is 0 Å². The lowest BCUT2D eigenvalue weighted by molar-refractivity contribution is -0.303. The zero-order valence-corrected chi connectivity index (χ0v) is 18.4. The fourth-order valence-electron chi connectivity index (χ4n) is 3.14. The number of carbonyl (C=O) groups excluding carboxylic acids is 1. The largest absolute Gasteiger partial charge is 0.846 e. The molecule has 0 aromatic carbocycles. The van der Waals surface area contributed by atoms with E-state index in [1.54, 1.807) is 0 Å². The van der Waals surface area contributed by atoms with Gasteiger partial charge in [-0.3, -0.25) is 14.2 Å². The Kier molecular flexibility index (Phi) is 7.40. The number of aromatic amines is 1. The zero-order chi connectivity index (χ0) is 26.1. The van der Waals surface area contributed by atoms with Gasteiger partial charge in [-0.1, -0.05) is 6.58 Å². The molecule has 0 fully saturated rings. The monoisotopic (exact) mass is 510 g/mol. The maximum atomic E-state index is 12.2. The summed E-state index contributed by atoms with van der Waals surface area (Å²) in [7, 11) is -5.32. The van der Waals surface area contributed by atoms with Gasteiger partial charge in [-0.2, -0.15) is 0 Å². The molecule has 16 heteroatoms. The van der Waals surface area contributed by atoms with Crippen LogP contribution in [0, 0.1) is 0 Å². The van der Waals surface area contributed by atoms with Crippen molar-refractivity contribution in [2.75, 3.05) is 6.61 Å². The normalized spacial score (nSPS) is 15.9. The van der Waals surface area contributed by atoms with Crippen LogP contribution in [0.5, 0.6) is 6.01 Å². The molecule has 0 amide bonds. The summed E-state index contributed by atoms with van der Waals surface area (Å²) in [6, 6.07) is 4.09. The maximum Gasteiger partial charge on any atom is 0.319 e. The first-order valence-corrected chi connectivity index (χ1v) is 11.1. The van der Waals surface area contributed by atoms with Gasteiger partial charge in [0.05, 0.1) is 30.2 Å². The fourth-order valence-corrected chi connectivity index (χ4v) is 3.87. The van der Waals surface area contributed by atoms with E-state index in [0.717, 1.165) is 10.6 Å². The molecule has 4 N–H and O–H groups in total. The van der Waals surface area contributed by atoms with Crippen LogP contribution in [-0.2, 0) is 25.0 Å². The Morgan fingerprint density at radius 3 is 2.57 bits per heavy atom. The highest BCUT2D eigenvalue weighted by Gasteiger charge is 2.28. The minimum Gasteiger partial charge on any atom is -0.846 e. The highest BCUT2D eigenvalue weighted by atomic mass is 31.2. The van der Waals surface area contributed by atoms with E-state index >= 15 is 0 Å². The summed E-state index contributed by atoms with van der Waals surface area (Å²) in [4.78, 5) is 51.9. The molecule has 0 spiro atoms. The number of carboxylic acids is 1. The first-order valence-electron chi connectivity index (χ1n) is 9.63. The van der Waals surface area contributed by atoms with Gasteiger partial charge in [0.15, 0.2) is 5.43 Å². The van der Waals surface area contributed by atoms with Gasteiger partial charge in [-0.25, -0.2) is 4.98 Å². The SMILES string of the molecule is C=C(OP(=O)([O-])OC[C@@H](O)[C@@H](O)[C@@H](O)Cn1c2cc(=O)ccc-2cc2c(=O)[nH]c([O-])nc21)C(=O)[O-]. The molecule has 2 heterocycles. The second-order valence-corrected chi connectivity index (χ2v) is 8.59. The maximum absolute atomic E-state index is 12.2. The summed E-state index contributed by atoms with van der Waals surface area (Å²) in [5.74, 6) is -3.31. The summed E-state index contributed by atoms with van der Waals surface area (Å²) in [6.07, 6.45) is -5.99. The molecule has 1 aliphatic carbocycles. The summed E-state index contributed by atoms with van der Waals surface area (Å²) >= 11 is 0. The molecular formula is C19H17N3O12P-3. The number of pyridine rings is 1. The molecule has 0 saturated heterocycles. The van der Waals surface area contributed by atoms with Crippen molar-refractivity contribution in [1.29, 1.82) is 0 Å². The highest BCUT2D eigenvalue weighted by Crippen LogP contribution is 2.40. The van der Waals surface area contributed by atoms with Crippen molar-refractivity contribution in [2.45, 2.75) is 24.9 Å². The lowest BCUT2D eigenvalue weighted by Crippen LogP contribution is -2.42. The van der Waals surface area contributed by atoms with Crippen molar-refractivity contribution in [3.8, 4) is 17.3 Å². The van der Waals surface area contributed by atoms with Gasteiger partial charge in [0.1, 0.15) is 35.7 Å². The van der Waals surface area contributed by atoms with Crippen LogP contribution in [0.15, 0.2) is 46.2 Å². The van der Waals surface area contributed by atoms with Crippen molar-refractivity contribution >= 4 is 24.8 Å². The van der Waals surface area contributed by atoms with Crippen LogP contribution in [0.1, 0.15) is 0 Å². The lowest BCUT2D eigenvalue weighted by atomic mass is 10.0. The number of aromatic nitrogens is 3. The predicted molar refractivity (Wildman–Crippen MR) is 110 cm³/mol. The number of phosphoric acid groups is 1. The number of hydrogen-bond acceptors (Lipinski definition) is 13. The molecule has 35 heavy (non-hydrogen) atoms. The minimum atomic E-state index is -5.32. The molecular weight excluding hydrogens is 493 g/mol. The third-order valence-electron chi connectivity index (χ3n) is 4.77. The standard InChI is InChI=1S/C19H20N3O12P/c1-8(18(28)29)34-35(31,32)33-7-14(25)15(26)13(24)6-22-12-5-10(23)3-2-9(12)4-11-16(22)20-19(30)21-17(11)27/h2-5,13-15,24-26H,1,6-7H2,(H,28,29)(H,31,32)(H2,20,21,27,30)/p-3/t13-,14+,15-/m0/s1. The van der Waals surface area contributed by atoms with Gasteiger partial charge in [0.2, 0.25) is 0 Å². The third kappa shape index (κ3) is 5.92. The van der Waals surface area contributed by atoms with Crippen LogP contribution < -0.4 is 26.1 Å². The van der Waals surface area contributed by atoms with Gasteiger partial charge >= 0.3 is 7.82 Å². The van der Waals surface area contributed by atoms with E-state index in [1.807, 2.05) is 4.98 Å². The molecule has 0 radical (unpaired) electrons. The fraction of sp³-hybridized carbons (Fsp3) is 0.263. The van der Waals surface area contributed by atoms with Crippen LogP contribution in [-0.4, -0.2) is 60.7 Å². The molecule has 4 atom stereocenters. The van der Waals surface area contributed by atoms with Gasteiger partial charge in [0.25, 0.3) is 5.56 Å². The first kappa shape index (κ1) is 26.0. The van der Waals surface area contributed by atoms with E-state index in [9.17, 15) is 49.4 Å². The Hall–Kier alpha value is -3.59. The Bertz CT molecular complexity index is 1420. The molecule has 3 rings (SSSR count). The number of carboxylic acid groups (broad SMARTS) is 1. The van der Waals surface area contributed by atoms with E-state index in [0.29, 0.717) is 5.56 Å². The number of H-pyrrole nitrogens is 1. The van der Waals surface area contributed by atoms with Crippen molar-refractivity contribution in [1.82, 2.24) is 14.5 Å². The molecule has 2 aliphatic rings. The Morgan fingerprint density at radius 2 is 1.91 bits per heavy atom. The number of phosphoric ester groups is 1. The van der Waals surface area contributed by atoms with Gasteiger partial charge in [-0.15, -0.1) is 0 Å². The number of nitrogens with zero attached hydrogens (tertiary/aromatic N) is 2. The zero-order valence-electron chi connectivity index (χ0n) is 17.5. The molecule has 1 unspecified atom stereocenters. The number of fused-ring (bicyclic) bond motifs is 2. The Morgan fingerprint density at radius 1 is 1.23 bits per heavy atom. The van der Waals surface area contributed by atoms with Crippen molar-refractivity contribution in [3.05, 3.63) is 57.2 Å². The average molecular weight is 510 g/mol. The molecule has 1 aromatic rings. The highest BCUT2D eigenvalue weighted by molar-refractivity contribution is 7.46. The quantitative estimate of drug-likeness (QED) is 0.0882. The number of aliphatic hydroxyl groups excluding tert-OH is 3. The van der Waals surface area contributed by atoms with Crippen LogP contribution in [0.4, 0.5) is 0 Å². The molecule has 15 nitrogen and oxygen atoms in total. The number of nitrogens with one attached hydrogen (secondary N) is 1. The number of benzene rings is 1. The summed E-state index contributed by atoms with van der Waals surface area (Å²) in [5.41, 5.74) is -0.990. The number of carbonyl (C=O) groups is 1. The number of aliphatic hydroxyl groups is 3. The van der Waals surface area contributed by atoms with Gasteiger partial charge in [-0.05, 0) is 23.8 Å². The number of aliphatic carboxylic acids is 1. The van der Waals surface area contributed by atoms with Gasteiger partial charge in [0, 0.05) is 6.07 Å². The summed E-state index contributed by atoms with van der Waals surface area (Å²) < 4.78 is 21.0. The van der Waals surface area contributed by atoms with E-state index in [1.165, 1.54) is 18.2 Å². The second kappa shape index (κ2) is 9.95. The summed E-state index contributed by atoms with van der Waals surface area (Å²) in [5, 5.41) is 53.0. The Labute approximate surface area is 194 Å². The molecule has 0 bridgehead atoms. The van der Waals surface area contributed by atoms with E-state index in [2.05, 4.69) is 20.6 Å². The van der Waals surface area contributed by atoms with Crippen LogP contribution >= 0.6 is 7.82 Å². The number of hydrogen-bond donors (Lipinski definition) is 4. The van der Waals surface area contributed by atoms with E-state index in [4.69, 9.17) is 0 Å². The number of rotatable bonds is 10. The molecule has 0 saturated carbocycles. The van der Waals surface area contributed by atoms with E-state index in [-0.39, 0.29) is 16.7 Å². The minimum absolute atomic E-state index is 0.0705. The third-order valence-corrected chi connectivity index (χ3v) is 5.68. The average Bonchev–Trinajstić information content (AvgIpc) is 2.77. The van der Waals surface area contributed by atoms with Crippen molar-refractivity contribution in [3.63, 3.8) is 0 Å². The van der Waals surface area contributed by atoms with Crippen LogP contribution in [0.25, 0.3) is 22.3 Å². The van der Waals surface area contributed by atoms with Crippen molar-refractivity contribution in [2.24, 2.45) is 0 Å². The van der Waals surface area contributed by atoms with Crippen molar-refractivity contribution < 1.29 is 48.8 Å². The smallest absolute Gasteiger partial charge is 0.319 e. The Balaban J connectivity index is 1.86. The van der Waals surface area contributed by atoms with E-state index < -0.39 is 68.0 Å². The second-order valence-electron chi connectivity index (χ2n) is 7.25. The summed E-state index contributed by atoms with van der Waals surface area (Å²) in [6.45, 7) is 1.01. The van der Waals surface area contributed by atoms with Crippen LogP contribution in [0.3, 0.4) is 0 Å². The molecule has 188 valence electrons. The lowest BCUT2D eigenvalue weighted by Gasteiger charge is -2.29. The van der Waals surface area contributed by atoms with Gasteiger partial charge < -0.3 is 53.8 Å². The predicted octanol–water partition coefficient (Wildman–Crippen LogP) is -3.89. The first-order chi connectivity index (χ1) is 16.3.